The third-order valence-corrected chi connectivity index (χ3v) is 3.97. The Bertz CT molecular complexity index is 431. The molecule has 1 fully saturated rings. The maximum absolute atomic E-state index is 4.41. The predicted molar refractivity (Wildman–Crippen MR) is 84.3 cm³/mol. The van der Waals surface area contributed by atoms with Gasteiger partial charge in [-0.15, -0.1) is 5.10 Å². The van der Waals surface area contributed by atoms with Crippen LogP contribution in [-0.4, -0.2) is 46.8 Å². The van der Waals surface area contributed by atoms with E-state index in [4.69, 9.17) is 0 Å². The van der Waals surface area contributed by atoms with Crippen LogP contribution in [0.5, 0.6) is 0 Å². The minimum Gasteiger partial charge on any atom is -0.353 e. The highest BCUT2D eigenvalue weighted by molar-refractivity contribution is 5.38. The molecule has 1 saturated heterocycles. The first-order valence-corrected chi connectivity index (χ1v) is 7.52. The summed E-state index contributed by atoms with van der Waals surface area (Å²) in [6.07, 6.45) is 0. The van der Waals surface area contributed by atoms with Gasteiger partial charge in [-0.25, -0.2) is 0 Å². The topological polar surface area (TPSA) is 32.3 Å². The van der Waals surface area contributed by atoms with Gasteiger partial charge in [0.1, 0.15) is 0 Å². The Balaban J connectivity index is 2.01. The monoisotopic (exact) mass is 276 g/mol. The largest absolute Gasteiger partial charge is 0.353 e. The van der Waals surface area contributed by atoms with Crippen LogP contribution in [0.4, 0.5) is 5.82 Å². The number of nitrogens with zero attached hydrogens (tertiary/aromatic N) is 4. The molecule has 0 spiro atoms. The molecule has 4 nitrogen and oxygen atoms in total. The quantitative estimate of drug-likeness (QED) is 0.789. The summed E-state index contributed by atoms with van der Waals surface area (Å²) in [5.74, 6) is 1.01. The minimum absolute atomic E-state index is 0.0659. The van der Waals surface area contributed by atoms with Crippen LogP contribution in [0.3, 0.4) is 0 Å². The molecule has 0 aromatic carbocycles. The van der Waals surface area contributed by atoms with Crippen LogP contribution in [-0.2, 0) is 5.41 Å². The molecular formula is C16H28N4. The molecular weight excluding hydrogens is 248 g/mol. The number of hydrogen-bond donors (Lipinski definition) is 0. The van der Waals surface area contributed by atoms with Gasteiger partial charge in [-0.3, -0.25) is 4.90 Å². The van der Waals surface area contributed by atoms with E-state index in [1.165, 1.54) is 0 Å². The third-order valence-electron chi connectivity index (χ3n) is 3.97. The van der Waals surface area contributed by atoms with Crippen molar-refractivity contribution in [2.45, 2.75) is 52.5 Å². The summed E-state index contributed by atoms with van der Waals surface area (Å²) in [6.45, 7) is 17.6. The predicted octanol–water partition coefficient (Wildman–Crippen LogP) is 2.69. The zero-order valence-corrected chi connectivity index (χ0v) is 13.8. The summed E-state index contributed by atoms with van der Waals surface area (Å²) in [4.78, 5) is 4.86. The lowest BCUT2D eigenvalue weighted by Crippen LogP contribution is -2.53. The molecule has 2 heterocycles. The van der Waals surface area contributed by atoms with Gasteiger partial charge in [0.2, 0.25) is 0 Å². The van der Waals surface area contributed by atoms with Crippen LogP contribution in [0.25, 0.3) is 0 Å². The van der Waals surface area contributed by atoms with Crippen molar-refractivity contribution >= 4 is 5.82 Å². The van der Waals surface area contributed by atoms with Crippen molar-refractivity contribution < 1.29 is 0 Å². The molecule has 0 N–H and O–H groups in total. The zero-order valence-electron chi connectivity index (χ0n) is 13.8. The molecule has 0 amide bonds. The van der Waals surface area contributed by atoms with Gasteiger partial charge >= 0.3 is 0 Å². The van der Waals surface area contributed by atoms with Gasteiger partial charge < -0.3 is 4.90 Å². The Morgan fingerprint density at radius 3 is 1.85 bits per heavy atom. The lowest BCUT2D eigenvalue weighted by Gasteiger charge is -2.42. The lowest BCUT2D eigenvalue weighted by molar-refractivity contribution is 0.128. The van der Waals surface area contributed by atoms with E-state index in [0.717, 1.165) is 37.7 Å². The molecule has 2 rings (SSSR count). The number of hydrogen-bond acceptors (Lipinski definition) is 4. The molecule has 0 atom stereocenters. The van der Waals surface area contributed by atoms with Gasteiger partial charge in [0.25, 0.3) is 0 Å². The fourth-order valence-corrected chi connectivity index (χ4v) is 2.50. The molecule has 0 radical (unpaired) electrons. The highest BCUT2D eigenvalue weighted by Crippen LogP contribution is 2.22. The molecule has 0 bridgehead atoms. The average Bonchev–Trinajstić information content (AvgIpc) is 2.37. The SMILES string of the molecule is CC(C)(C)c1ccc(N2CCN(C(C)(C)C)CC2)nn1. The maximum atomic E-state index is 4.41. The fraction of sp³-hybridized carbons (Fsp3) is 0.750. The summed E-state index contributed by atoms with van der Waals surface area (Å²) < 4.78 is 0. The van der Waals surface area contributed by atoms with Crippen molar-refractivity contribution in [3.05, 3.63) is 17.8 Å². The van der Waals surface area contributed by atoms with E-state index in [1.54, 1.807) is 0 Å². The van der Waals surface area contributed by atoms with E-state index in [9.17, 15) is 0 Å². The van der Waals surface area contributed by atoms with E-state index < -0.39 is 0 Å². The second-order valence-corrected chi connectivity index (χ2v) is 7.67. The van der Waals surface area contributed by atoms with E-state index in [2.05, 4.69) is 73.7 Å². The van der Waals surface area contributed by atoms with Crippen LogP contribution in [0.15, 0.2) is 12.1 Å². The number of rotatable bonds is 1. The van der Waals surface area contributed by atoms with Gasteiger partial charge in [0.05, 0.1) is 5.69 Å². The second kappa shape index (κ2) is 5.32. The van der Waals surface area contributed by atoms with E-state index in [1.807, 2.05) is 0 Å². The third kappa shape index (κ3) is 3.48. The Kier molecular flexibility index (Phi) is 4.05. The van der Waals surface area contributed by atoms with Crippen molar-refractivity contribution in [2.75, 3.05) is 31.1 Å². The molecule has 112 valence electrons. The zero-order chi connectivity index (χ0) is 15.0. The normalized spacial score (nSPS) is 18.4. The van der Waals surface area contributed by atoms with Gasteiger partial charge in [-0.1, -0.05) is 20.8 Å². The van der Waals surface area contributed by atoms with Crippen LogP contribution in [0, 0.1) is 0 Å². The Morgan fingerprint density at radius 1 is 0.850 bits per heavy atom. The van der Waals surface area contributed by atoms with Gasteiger partial charge in [0.15, 0.2) is 5.82 Å². The van der Waals surface area contributed by atoms with Crippen LogP contribution < -0.4 is 4.90 Å². The minimum atomic E-state index is 0.0659. The Labute approximate surface area is 123 Å². The smallest absolute Gasteiger partial charge is 0.151 e. The van der Waals surface area contributed by atoms with Crippen LogP contribution in [0.1, 0.15) is 47.2 Å². The Morgan fingerprint density at radius 2 is 1.45 bits per heavy atom. The first-order valence-electron chi connectivity index (χ1n) is 7.52. The highest BCUT2D eigenvalue weighted by Gasteiger charge is 2.26. The van der Waals surface area contributed by atoms with Gasteiger partial charge in [-0.05, 0) is 32.9 Å². The maximum Gasteiger partial charge on any atom is 0.151 e. The number of aromatic nitrogens is 2. The van der Waals surface area contributed by atoms with Crippen molar-refractivity contribution in [3.8, 4) is 0 Å². The average molecular weight is 276 g/mol. The summed E-state index contributed by atoms with van der Waals surface area (Å²) in [6, 6.07) is 4.22. The molecule has 1 aliphatic heterocycles. The van der Waals surface area contributed by atoms with Gasteiger partial charge in [0, 0.05) is 37.1 Å². The standard InChI is InChI=1S/C16H28N4/c1-15(2,3)13-7-8-14(18-17-13)19-9-11-20(12-10-19)16(4,5)6/h7-8H,9-12H2,1-6H3. The molecule has 1 aromatic heterocycles. The summed E-state index contributed by atoms with van der Waals surface area (Å²) in [7, 11) is 0. The lowest BCUT2D eigenvalue weighted by atomic mass is 9.92. The van der Waals surface area contributed by atoms with E-state index >= 15 is 0 Å². The molecule has 0 aliphatic carbocycles. The highest BCUT2D eigenvalue weighted by atomic mass is 15.3. The molecule has 20 heavy (non-hydrogen) atoms. The van der Waals surface area contributed by atoms with E-state index in [-0.39, 0.29) is 11.0 Å². The van der Waals surface area contributed by atoms with Crippen LogP contribution >= 0.6 is 0 Å². The van der Waals surface area contributed by atoms with Crippen molar-refractivity contribution in [2.24, 2.45) is 0 Å². The Hall–Kier alpha value is -1.16. The van der Waals surface area contributed by atoms with E-state index in [0.29, 0.717) is 0 Å². The summed E-state index contributed by atoms with van der Waals surface area (Å²) in [5.41, 5.74) is 1.37. The first-order chi connectivity index (χ1) is 9.18. The molecule has 0 saturated carbocycles. The molecule has 4 heteroatoms. The fourth-order valence-electron chi connectivity index (χ4n) is 2.50. The summed E-state index contributed by atoms with van der Waals surface area (Å²) in [5, 5.41) is 8.80. The second-order valence-electron chi connectivity index (χ2n) is 7.67. The van der Waals surface area contributed by atoms with Crippen molar-refractivity contribution in [3.63, 3.8) is 0 Å². The molecule has 1 aromatic rings. The van der Waals surface area contributed by atoms with Crippen molar-refractivity contribution in [1.82, 2.24) is 15.1 Å². The van der Waals surface area contributed by atoms with Gasteiger partial charge in [-0.2, -0.15) is 5.10 Å². The van der Waals surface area contributed by atoms with Crippen LogP contribution in [0.2, 0.25) is 0 Å². The first kappa shape index (κ1) is 15.2. The molecule has 0 unspecified atom stereocenters. The number of piperazine rings is 1. The number of anilines is 1. The van der Waals surface area contributed by atoms with Crippen molar-refractivity contribution in [1.29, 1.82) is 0 Å². The summed E-state index contributed by atoms with van der Waals surface area (Å²) >= 11 is 0. The molecule has 1 aliphatic rings.